The van der Waals surface area contributed by atoms with Gasteiger partial charge in [-0.1, -0.05) is 12.1 Å². The van der Waals surface area contributed by atoms with Gasteiger partial charge in [-0.25, -0.2) is 0 Å². The van der Waals surface area contributed by atoms with Crippen molar-refractivity contribution in [2.45, 2.75) is 12.8 Å². The predicted molar refractivity (Wildman–Crippen MR) is 87.2 cm³/mol. The lowest BCUT2D eigenvalue weighted by molar-refractivity contribution is -0.117. The molecule has 1 heterocycles. The second-order valence-corrected chi connectivity index (χ2v) is 5.28. The maximum Gasteiger partial charge on any atom is 0.227 e. The van der Waals surface area contributed by atoms with Gasteiger partial charge in [0.15, 0.2) is 0 Å². The first-order chi connectivity index (χ1) is 11.2. The predicted octanol–water partition coefficient (Wildman–Crippen LogP) is 3.30. The maximum absolute atomic E-state index is 11.9. The highest BCUT2D eigenvalue weighted by atomic mass is 16.2. The van der Waals surface area contributed by atoms with E-state index in [2.05, 4.69) is 17.5 Å². The van der Waals surface area contributed by atoms with E-state index in [1.807, 2.05) is 24.3 Å². The first-order valence-corrected chi connectivity index (χ1v) is 7.33. The standard InChI is InChI=1S/C18H14N4O/c19-11-13-4-1-5-14(12-20)18(13)21-15-6-2-7-16(10-15)22-9-3-8-17(22)23/h1-2,4-7,10,21H,3,8-9H2. The van der Waals surface area contributed by atoms with E-state index in [0.29, 0.717) is 23.2 Å². The summed E-state index contributed by atoms with van der Waals surface area (Å²) in [4.78, 5) is 13.6. The molecule has 0 spiro atoms. The lowest BCUT2D eigenvalue weighted by Gasteiger charge is -2.17. The summed E-state index contributed by atoms with van der Waals surface area (Å²) in [5.74, 6) is 0.122. The topological polar surface area (TPSA) is 79.9 Å². The normalized spacial score (nSPS) is 13.5. The van der Waals surface area contributed by atoms with E-state index in [9.17, 15) is 15.3 Å². The van der Waals surface area contributed by atoms with Crippen LogP contribution in [0, 0.1) is 22.7 Å². The summed E-state index contributed by atoms with van der Waals surface area (Å²) >= 11 is 0. The third-order valence-corrected chi connectivity index (χ3v) is 3.81. The molecule has 2 aromatic rings. The van der Waals surface area contributed by atoms with Crippen molar-refractivity contribution >= 4 is 23.0 Å². The van der Waals surface area contributed by atoms with Gasteiger partial charge in [-0.05, 0) is 36.8 Å². The van der Waals surface area contributed by atoms with Crippen molar-refractivity contribution in [1.82, 2.24) is 0 Å². The lowest BCUT2D eigenvalue weighted by Crippen LogP contribution is -2.23. The molecule has 1 fully saturated rings. The number of amides is 1. The summed E-state index contributed by atoms with van der Waals surface area (Å²) in [6.07, 6.45) is 1.44. The number of nitriles is 2. The molecule has 0 bridgehead atoms. The van der Waals surface area contributed by atoms with Crippen molar-refractivity contribution in [1.29, 1.82) is 10.5 Å². The summed E-state index contributed by atoms with van der Waals surface area (Å²) < 4.78 is 0. The number of nitrogens with zero attached hydrogens (tertiary/aromatic N) is 3. The Labute approximate surface area is 134 Å². The average Bonchev–Trinajstić information content (AvgIpc) is 3.01. The second-order valence-electron chi connectivity index (χ2n) is 5.28. The third-order valence-electron chi connectivity index (χ3n) is 3.81. The first-order valence-electron chi connectivity index (χ1n) is 7.33. The van der Waals surface area contributed by atoms with Crippen molar-refractivity contribution in [2.75, 3.05) is 16.8 Å². The van der Waals surface area contributed by atoms with Crippen LogP contribution in [0.15, 0.2) is 42.5 Å². The number of carbonyl (C=O) groups excluding carboxylic acids is 1. The van der Waals surface area contributed by atoms with Crippen molar-refractivity contribution in [3.63, 3.8) is 0 Å². The van der Waals surface area contributed by atoms with E-state index in [-0.39, 0.29) is 5.91 Å². The van der Waals surface area contributed by atoms with Crippen LogP contribution in [-0.4, -0.2) is 12.5 Å². The van der Waals surface area contributed by atoms with E-state index < -0.39 is 0 Å². The second kappa shape index (κ2) is 6.21. The Bertz CT molecular complexity index is 813. The molecule has 0 saturated carbocycles. The molecule has 3 rings (SSSR count). The van der Waals surface area contributed by atoms with Gasteiger partial charge in [-0.15, -0.1) is 0 Å². The highest BCUT2D eigenvalue weighted by Crippen LogP contribution is 2.28. The summed E-state index contributed by atoms with van der Waals surface area (Å²) in [5.41, 5.74) is 2.87. The SMILES string of the molecule is N#Cc1cccc(C#N)c1Nc1cccc(N2CCCC2=O)c1. The summed E-state index contributed by atoms with van der Waals surface area (Å²) in [7, 11) is 0. The number of hydrogen-bond donors (Lipinski definition) is 1. The Balaban J connectivity index is 1.95. The van der Waals surface area contributed by atoms with Crippen LogP contribution in [0.4, 0.5) is 17.1 Å². The lowest BCUT2D eigenvalue weighted by atomic mass is 10.1. The molecule has 1 aliphatic heterocycles. The number of nitrogens with one attached hydrogen (secondary N) is 1. The molecule has 1 aliphatic rings. The molecular formula is C18H14N4O. The summed E-state index contributed by atoms with van der Waals surface area (Å²) in [5, 5.41) is 21.6. The smallest absolute Gasteiger partial charge is 0.227 e. The van der Waals surface area contributed by atoms with E-state index in [1.54, 1.807) is 23.1 Å². The van der Waals surface area contributed by atoms with Gasteiger partial charge in [-0.2, -0.15) is 10.5 Å². The molecule has 5 nitrogen and oxygen atoms in total. The van der Waals surface area contributed by atoms with Crippen LogP contribution in [0.5, 0.6) is 0 Å². The zero-order valence-corrected chi connectivity index (χ0v) is 12.4. The first kappa shape index (κ1) is 14.6. The molecule has 0 aromatic heterocycles. The van der Waals surface area contributed by atoms with Gasteiger partial charge in [0.1, 0.15) is 12.1 Å². The fourth-order valence-corrected chi connectivity index (χ4v) is 2.69. The zero-order chi connectivity index (χ0) is 16.2. The molecule has 0 radical (unpaired) electrons. The summed E-state index contributed by atoms with van der Waals surface area (Å²) in [6, 6.07) is 16.6. The van der Waals surface area contributed by atoms with Gasteiger partial charge in [-0.3, -0.25) is 4.79 Å². The molecule has 2 aromatic carbocycles. The number of anilines is 3. The van der Waals surface area contributed by atoms with E-state index in [4.69, 9.17) is 0 Å². The Morgan fingerprint density at radius 3 is 2.35 bits per heavy atom. The highest BCUT2D eigenvalue weighted by Gasteiger charge is 2.21. The Kier molecular flexibility index (Phi) is 3.95. The van der Waals surface area contributed by atoms with Crippen LogP contribution in [0.1, 0.15) is 24.0 Å². The Hall–Kier alpha value is -3.31. The highest BCUT2D eigenvalue weighted by molar-refractivity contribution is 5.95. The van der Waals surface area contributed by atoms with Gasteiger partial charge in [0, 0.05) is 24.3 Å². The Morgan fingerprint density at radius 1 is 1.04 bits per heavy atom. The average molecular weight is 302 g/mol. The quantitative estimate of drug-likeness (QED) is 0.943. The van der Waals surface area contributed by atoms with Crippen LogP contribution in [0.3, 0.4) is 0 Å². The monoisotopic (exact) mass is 302 g/mol. The van der Waals surface area contributed by atoms with E-state index in [0.717, 1.165) is 24.3 Å². The van der Waals surface area contributed by atoms with Crippen LogP contribution in [0.25, 0.3) is 0 Å². The Morgan fingerprint density at radius 2 is 1.74 bits per heavy atom. The minimum atomic E-state index is 0.122. The summed E-state index contributed by atoms with van der Waals surface area (Å²) in [6.45, 7) is 0.723. The van der Waals surface area contributed by atoms with Crippen molar-refractivity contribution in [2.24, 2.45) is 0 Å². The molecular weight excluding hydrogens is 288 g/mol. The molecule has 1 N–H and O–H groups in total. The van der Waals surface area contributed by atoms with Crippen molar-refractivity contribution < 1.29 is 4.79 Å². The number of benzene rings is 2. The number of para-hydroxylation sites is 1. The molecule has 5 heteroatoms. The van der Waals surface area contributed by atoms with Gasteiger partial charge >= 0.3 is 0 Å². The fraction of sp³-hybridized carbons (Fsp3) is 0.167. The largest absolute Gasteiger partial charge is 0.353 e. The van der Waals surface area contributed by atoms with E-state index >= 15 is 0 Å². The molecule has 1 saturated heterocycles. The molecule has 0 unspecified atom stereocenters. The van der Waals surface area contributed by atoms with Crippen LogP contribution in [-0.2, 0) is 4.79 Å². The van der Waals surface area contributed by atoms with Gasteiger partial charge in [0.05, 0.1) is 16.8 Å². The van der Waals surface area contributed by atoms with Crippen LogP contribution in [0.2, 0.25) is 0 Å². The molecule has 0 atom stereocenters. The van der Waals surface area contributed by atoms with Gasteiger partial charge in [0.2, 0.25) is 5.91 Å². The molecule has 1 amide bonds. The van der Waals surface area contributed by atoms with Gasteiger partial charge < -0.3 is 10.2 Å². The maximum atomic E-state index is 11.9. The fourth-order valence-electron chi connectivity index (χ4n) is 2.69. The van der Waals surface area contributed by atoms with Crippen molar-refractivity contribution in [3.8, 4) is 12.1 Å². The number of carbonyl (C=O) groups is 1. The third kappa shape index (κ3) is 2.86. The molecule has 0 aliphatic carbocycles. The van der Waals surface area contributed by atoms with Crippen LogP contribution < -0.4 is 10.2 Å². The van der Waals surface area contributed by atoms with Crippen molar-refractivity contribution in [3.05, 3.63) is 53.6 Å². The van der Waals surface area contributed by atoms with Gasteiger partial charge in [0.25, 0.3) is 0 Å². The molecule has 112 valence electrons. The minimum Gasteiger partial charge on any atom is -0.353 e. The zero-order valence-electron chi connectivity index (χ0n) is 12.4. The van der Waals surface area contributed by atoms with Crippen LogP contribution >= 0.6 is 0 Å². The molecule has 23 heavy (non-hydrogen) atoms. The minimum absolute atomic E-state index is 0.122. The number of hydrogen-bond acceptors (Lipinski definition) is 4. The van der Waals surface area contributed by atoms with E-state index in [1.165, 1.54) is 0 Å². The number of rotatable bonds is 3.